The molecule has 8 nitrogen and oxygen atoms in total. The SMILES string of the molecule is CC1=NN(Cc2c(F)cccc2Cl)C2=[N+](C1)C1C(=O)N(C)C(=O)N(C)C1=N2. The number of guanidine groups is 1. The van der Waals surface area contributed by atoms with Crippen molar-refractivity contribution in [1.82, 2.24) is 14.8 Å². The molecule has 3 aliphatic heterocycles. The summed E-state index contributed by atoms with van der Waals surface area (Å²) in [6, 6.07) is 3.31. The Kier molecular flexibility index (Phi) is 3.99. The molecule has 1 atom stereocenters. The molecule has 1 fully saturated rings. The zero-order valence-corrected chi connectivity index (χ0v) is 15.7. The van der Waals surface area contributed by atoms with Crippen LogP contribution in [0.15, 0.2) is 28.3 Å². The van der Waals surface area contributed by atoms with Crippen molar-refractivity contribution in [3.63, 3.8) is 0 Å². The zero-order chi connectivity index (χ0) is 19.5. The molecule has 140 valence electrons. The molecule has 3 aliphatic rings. The summed E-state index contributed by atoms with van der Waals surface area (Å²) in [5, 5.41) is 6.26. The second-order valence-corrected chi connectivity index (χ2v) is 7.04. The maximum atomic E-state index is 14.2. The number of aliphatic imine (C=N–C) groups is 1. The number of rotatable bonds is 2. The van der Waals surface area contributed by atoms with Gasteiger partial charge in [-0.15, -0.1) is 10.1 Å². The van der Waals surface area contributed by atoms with E-state index in [1.165, 1.54) is 29.1 Å². The molecule has 1 unspecified atom stereocenters. The molecule has 10 heteroatoms. The van der Waals surface area contributed by atoms with Gasteiger partial charge in [0.05, 0.1) is 5.71 Å². The third-order valence-corrected chi connectivity index (χ3v) is 5.15. The van der Waals surface area contributed by atoms with Crippen molar-refractivity contribution in [2.45, 2.75) is 19.5 Å². The molecule has 1 aromatic carbocycles. The van der Waals surface area contributed by atoms with Gasteiger partial charge < -0.3 is 0 Å². The molecular weight excluding hydrogens is 375 g/mol. The van der Waals surface area contributed by atoms with Crippen molar-refractivity contribution in [3.8, 4) is 0 Å². The maximum Gasteiger partial charge on any atom is 0.417 e. The predicted molar refractivity (Wildman–Crippen MR) is 97.3 cm³/mol. The van der Waals surface area contributed by atoms with Gasteiger partial charge in [-0.3, -0.25) is 14.6 Å². The fraction of sp³-hybridized carbons (Fsp3) is 0.353. The van der Waals surface area contributed by atoms with Gasteiger partial charge in [0.25, 0.3) is 5.91 Å². The van der Waals surface area contributed by atoms with Crippen molar-refractivity contribution in [2.75, 3.05) is 20.6 Å². The van der Waals surface area contributed by atoms with E-state index in [0.29, 0.717) is 18.3 Å². The van der Waals surface area contributed by atoms with E-state index in [1.54, 1.807) is 17.7 Å². The third-order valence-electron chi connectivity index (χ3n) is 4.80. The smallest absolute Gasteiger partial charge is 0.270 e. The molecule has 0 radical (unpaired) electrons. The summed E-state index contributed by atoms with van der Waals surface area (Å²) in [6.07, 6.45) is 0. The second kappa shape index (κ2) is 6.12. The Balaban J connectivity index is 1.76. The van der Waals surface area contributed by atoms with Gasteiger partial charge in [-0.05, 0) is 19.1 Å². The number of urea groups is 1. The van der Waals surface area contributed by atoms with Crippen LogP contribution in [-0.2, 0) is 11.3 Å². The van der Waals surface area contributed by atoms with Crippen molar-refractivity contribution >= 4 is 41.0 Å². The Morgan fingerprint density at radius 2 is 2.04 bits per heavy atom. The number of imide groups is 1. The Morgan fingerprint density at radius 1 is 1.30 bits per heavy atom. The number of benzene rings is 1. The largest absolute Gasteiger partial charge is 0.417 e. The first-order valence-electron chi connectivity index (χ1n) is 8.31. The molecule has 4 rings (SSSR count). The number of likely N-dealkylation sites (N-methyl/N-ethyl adjacent to an activating group) is 2. The van der Waals surface area contributed by atoms with Gasteiger partial charge in [-0.1, -0.05) is 22.7 Å². The zero-order valence-electron chi connectivity index (χ0n) is 15.0. The summed E-state index contributed by atoms with van der Waals surface area (Å²) in [6.45, 7) is 2.26. The van der Waals surface area contributed by atoms with Crippen LogP contribution in [-0.4, -0.2) is 75.5 Å². The lowest BCUT2D eigenvalue weighted by molar-refractivity contribution is -0.528. The number of nitrogens with zero attached hydrogens (tertiary/aromatic N) is 6. The Labute approximate surface area is 159 Å². The molecule has 27 heavy (non-hydrogen) atoms. The second-order valence-electron chi connectivity index (χ2n) is 6.63. The molecule has 0 spiro atoms. The highest BCUT2D eigenvalue weighted by atomic mass is 35.5. The van der Waals surface area contributed by atoms with Crippen LogP contribution >= 0.6 is 11.6 Å². The molecule has 3 amide bonds. The number of hydrogen-bond donors (Lipinski definition) is 0. The summed E-state index contributed by atoms with van der Waals surface area (Å²) in [4.78, 5) is 31.8. The van der Waals surface area contributed by atoms with Gasteiger partial charge in [0, 0.05) is 24.7 Å². The summed E-state index contributed by atoms with van der Waals surface area (Å²) >= 11 is 6.15. The average molecular weight is 392 g/mol. The van der Waals surface area contributed by atoms with Crippen LogP contribution in [0.25, 0.3) is 0 Å². The van der Waals surface area contributed by atoms with Crippen molar-refractivity contribution in [3.05, 3.63) is 34.6 Å². The molecule has 0 aromatic heterocycles. The Hall–Kier alpha value is -2.81. The van der Waals surface area contributed by atoms with Crippen LogP contribution in [0.3, 0.4) is 0 Å². The van der Waals surface area contributed by atoms with Crippen LogP contribution in [0.5, 0.6) is 0 Å². The molecular formula is C17H17ClFN6O2+. The van der Waals surface area contributed by atoms with Crippen LogP contribution in [0.4, 0.5) is 9.18 Å². The van der Waals surface area contributed by atoms with E-state index < -0.39 is 17.9 Å². The van der Waals surface area contributed by atoms with Crippen molar-refractivity contribution in [2.24, 2.45) is 10.1 Å². The van der Waals surface area contributed by atoms with E-state index in [4.69, 9.17) is 11.6 Å². The molecule has 0 bridgehead atoms. The van der Waals surface area contributed by atoms with Crippen molar-refractivity contribution < 1.29 is 18.6 Å². The van der Waals surface area contributed by atoms with Gasteiger partial charge in [0.2, 0.25) is 11.9 Å². The highest BCUT2D eigenvalue weighted by molar-refractivity contribution is 6.31. The lowest BCUT2D eigenvalue weighted by Crippen LogP contribution is -2.62. The average Bonchev–Trinajstić information content (AvgIpc) is 3.01. The van der Waals surface area contributed by atoms with Crippen LogP contribution < -0.4 is 0 Å². The highest BCUT2D eigenvalue weighted by Gasteiger charge is 2.53. The first kappa shape index (κ1) is 17.6. The number of halogens is 2. The summed E-state index contributed by atoms with van der Waals surface area (Å²) in [5.41, 5.74) is 1.02. The monoisotopic (exact) mass is 391 g/mol. The fourth-order valence-electron chi connectivity index (χ4n) is 3.42. The number of amidine groups is 1. The van der Waals surface area contributed by atoms with Gasteiger partial charge in [-0.25, -0.2) is 13.8 Å². The summed E-state index contributed by atoms with van der Waals surface area (Å²) in [7, 11) is 3.01. The minimum atomic E-state index is -0.711. The van der Waals surface area contributed by atoms with E-state index >= 15 is 0 Å². The Bertz CT molecular complexity index is 952. The molecule has 1 saturated heterocycles. The van der Waals surface area contributed by atoms with Crippen molar-refractivity contribution in [1.29, 1.82) is 0 Å². The topological polar surface area (TPSA) is 71.6 Å². The minimum absolute atomic E-state index is 0.0554. The lowest BCUT2D eigenvalue weighted by atomic mass is 10.1. The first-order chi connectivity index (χ1) is 12.8. The van der Waals surface area contributed by atoms with Crippen LogP contribution in [0.2, 0.25) is 5.02 Å². The third kappa shape index (κ3) is 2.61. The Morgan fingerprint density at radius 3 is 2.74 bits per heavy atom. The van der Waals surface area contributed by atoms with E-state index in [-0.39, 0.29) is 23.0 Å². The van der Waals surface area contributed by atoms with Crippen LogP contribution in [0, 0.1) is 5.82 Å². The normalized spacial score (nSPS) is 22.1. The fourth-order valence-corrected chi connectivity index (χ4v) is 3.64. The van der Waals surface area contributed by atoms with Gasteiger partial charge in [-0.2, -0.15) is 0 Å². The van der Waals surface area contributed by atoms with Crippen LogP contribution in [0.1, 0.15) is 12.5 Å². The predicted octanol–water partition coefficient (Wildman–Crippen LogP) is 1.34. The van der Waals surface area contributed by atoms with Gasteiger partial charge in [0.1, 0.15) is 18.9 Å². The quantitative estimate of drug-likeness (QED) is 0.714. The minimum Gasteiger partial charge on any atom is -0.270 e. The number of amides is 3. The number of hydrazone groups is 1. The maximum absolute atomic E-state index is 14.2. The van der Waals surface area contributed by atoms with Gasteiger partial charge in [0.15, 0.2) is 0 Å². The highest BCUT2D eigenvalue weighted by Crippen LogP contribution is 2.26. The van der Waals surface area contributed by atoms with E-state index in [9.17, 15) is 14.0 Å². The summed E-state index contributed by atoms with van der Waals surface area (Å²) in [5.74, 6) is -0.0690. The van der Waals surface area contributed by atoms with Gasteiger partial charge >= 0.3 is 12.0 Å². The number of carbonyl (C=O) groups excluding carboxylic acids is 2. The lowest BCUT2D eigenvalue weighted by Gasteiger charge is -2.32. The van der Waals surface area contributed by atoms with E-state index in [2.05, 4.69) is 10.1 Å². The standard InChI is InChI=1S/C17H17ClFN6O2/c1-9-7-24-13-14(22(2)17(27)23(3)15(13)26)20-16(24)25(21-9)8-10-11(18)5-4-6-12(10)19/h4-6,13H,7-8H2,1-3H3/q+1. The first-order valence-corrected chi connectivity index (χ1v) is 8.69. The molecule has 0 saturated carbocycles. The number of hydrogen-bond acceptors (Lipinski definition) is 5. The van der Waals surface area contributed by atoms with E-state index in [1.807, 2.05) is 6.92 Å². The molecule has 0 aliphatic carbocycles. The van der Waals surface area contributed by atoms with E-state index in [0.717, 1.165) is 10.6 Å². The molecule has 1 aromatic rings. The number of carbonyl (C=O) groups is 2. The molecule has 3 heterocycles. The molecule has 0 N–H and O–H groups in total. The number of fused-ring (bicyclic) bond motifs is 2. The summed E-state index contributed by atoms with van der Waals surface area (Å²) < 4.78 is 16.0.